The van der Waals surface area contributed by atoms with E-state index in [1.165, 1.54) is 0 Å². The number of para-hydroxylation sites is 2. The molecule has 1 aliphatic rings. The fraction of sp³-hybridized carbons (Fsp3) is 0.562. The number of carbonyl (C=O) groups is 1. The number of hydrogen-bond acceptors (Lipinski definition) is 4. The first-order valence-corrected chi connectivity index (χ1v) is 7.32. The Kier molecular flexibility index (Phi) is 5.27. The van der Waals surface area contributed by atoms with E-state index in [4.69, 9.17) is 15.2 Å². The first-order chi connectivity index (χ1) is 9.65. The summed E-state index contributed by atoms with van der Waals surface area (Å²) in [7, 11) is 0. The van der Waals surface area contributed by atoms with Gasteiger partial charge in [0.05, 0.1) is 18.7 Å². The maximum atomic E-state index is 11.7. The van der Waals surface area contributed by atoms with Crippen molar-refractivity contribution < 1.29 is 14.3 Å². The first kappa shape index (κ1) is 14.7. The Bertz CT molecular complexity index is 439. The van der Waals surface area contributed by atoms with E-state index in [1.54, 1.807) is 12.1 Å². The first-order valence-electron chi connectivity index (χ1n) is 7.32. The molecule has 0 spiro atoms. The second-order valence-corrected chi connectivity index (χ2v) is 5.51. The van der Waals surface area contributed by atoms with Gasteiger partial charge in [0.2, 0.25) is 0 Å². The number of hydrogen-bond donors (Lipinski definition) is 1. The molecule has 0 heterocycles. The lowest BCUT2D eigenvalue weighted by molar-refractivity contribution is -0.151. The molecule has 0 aromatic heterocycles. The SMILES string of the molecule is CC1CCC(OC(=O)CCOc2ccccc2N)CC1. The lowest BCUT2D eigenvalue weighted by Gasteiger charge is -2.25. The van der Waals surface area contributed by atoms with Crippen LogP contribution >= 0.6 is 0 Å². The average molecular weight is 277 g/mol. The minimum absolute atomic E-state index is 0.0977. The zero-order valence-electron chi connectivity index (χ0n) is 12.0. The largest absolute Gasteiger partial charge is 0.491 e. The van der Waals surface area contributed by atoms with E-state index in [9.17, 15) is 4.79 Å². The molecule has 1 saturated carbocycles. The Hall–Kier alpha value is -1.71. The van der Waals surface area contributed by atoms with Crippen LogP contribution in [0.1, 0.15) is 39.0 Å². The third-order valence-electron chi connectivity index (χ3n) is 3.74. The van der Waals surface area contributed by atoms with Crippen LogP contribution in [0.5, 0.6) is 5.75 Å². The molecule has 0 bridgehead atoms. The standard InChI is InChI=1S/C16H23NO3/c1-12-6-8-13(9-7-12)20-16(18)10-11-19-15-5-3-2-4-14(15)17/h2-5,12-13H,6-11,17H2,1H3. The Morgan fingerprint density at radius 2 is 1.95 bits per heavy atom. The average Bonchev–Trinajstić information content (AvgIpc) is 2.43. The molecular formula is C16H23NO3. The summed E-state index contributed by atoms with van der Waals surface area (Å²) in [6, 6.07) is 7.27. The summed E-state index contributed by atoms with van der Waals surface area (Å²) in [4.78, 5) is 11.7. The highest BCUT2D eigenvalue weighted by Crippen LogP contribution is 2.26. The molecule has 1 aromatic carbocycles. The normalized spacial score (nSPS) is 22.2. The number of nitrogen functional groups attached to an aromatic ring is 1. The third kappa shape index (κ3) is 4.44. The van der Waals surface area contributed by atoms with E-state index in [0.717, 1.165) is 31.6 Å². The van der Waals surface area contributed by atoms with Crippen molar-refractivity contribution in [3.05, 3.63) is 24.3 Å². The number of carbonyl (C=O) groups excluding carboxylic acids is 1. The highest BCUT2D eigenvalue weighted by molar-refractivity contribution is 5.69. The summed E-state index contributed by atoms with van der Waals surface area (Å²) in [6.45, 7) is 2.55. The van der Waals surface area contributed by atoms with Crippen LogP contribution in [0.2, 0.25) is 0 Å². The molecule has 1 aliphatic carbocycles. The van der Waals surface area contributed by atoms with Crippen molar-refractivity contribution in [1.29, 1.82) is 0 Å². The van der Waals surface area contributed by atoms with Crippen LogP contribution in [0.3, 0.4) is 0 Å². The van der Waals surface area contributed by atoms with Crippen molar-refractivity contribution in [2.75, 3.05) is 12.3 Å². The van der Waals surface area contributed by atoms with E-state index in [2.05, 4.69) is 6.92 Å². The highest BCUT2D eigenvalue weighted by atomic mass is 16.5. The Balaban J connectivity index is 1.67. The molecule has 0 radical (unpaired) electrons. The van der Waals surface area contributed by atoms with Gasteiger partial charge in [0.15, 0.2) is 0 Å². The van der Waals surface area contributed by atoms with E-state index in [0.29, 0.717) is 18.0 Å². The number of esters is 1. The molecule has 2 rings (SSSR count). The molecule has 1 fully saturated rings. The summed E-state index contributed by atoms with van der Waals surface area (Å²) in [5.41, 5.74) is 6.34. The number of benzene rings is 1. The van der Waals surface area contributed by atoms with Crippen molar-refractivity contribution in [2.45, 2.75) is 45.1 Å². The van der Waals surface area contributed by atoms with Crippen molar-refractivity contribution in [2.24, 2.45) is 5.92 Å². The van der Waals surface area contributed by atoms with Crippen molar-refractivity contribution in [3.8, 4) is 5.75 Å². The fourth-order valence-corrected chi connectivity index (χ4v) is 2.45. The molecule has 2 N–H and O–H groups in total. The van der Waals surface area contributed by atoms with Gasteiger partial charge >= 0.3 is 5.97 Å². The number of rotatable bonds is 5. The molecule has 110 valence electrons. The van der Waals surface area contributed by atoms with Crippen molar-refractivity contribution >= 4 is 11.7 Å². The zero-order chi connectivity index (χ0) is 14.4. The summed E-state index contributed by atoms with van der Waals surface area (Å²) in [6.07, 6.45) is 4.63. The zero-order valence-corrected chi connectivity index (χ0v) is 12.0. The van der Waals surface area contributed by atoms with Gasteiger partial charge in [-0.1, -0.05) is 19.1 Å². The molecule has 20 heavy (non-hydrogen) atoms. The van der Waals surface area contributed by atoms with Gasteiger partial charge in [0, 0.05) is 0 Å². The Morgan fingerprint density at radius 1 is 1.25 bits per heavy atom. The predicted molar refractivity (Wildman–Crippen MR) is 78.5 cm³/mol. The molecule has 1 aromatic rings. The van der Waals surface area contributed by atoms with Gasteiger partial charge in [-0.3, -0.25) is 4.79 Å². The number of nitrogens with two attached hydrogens (primary N) is 1. The second kappa shape index (κ2) is 7.17. The lowest BCUT2D eigenvalue weighted by atomic mass is 9.89. The van der Waals surface area contributed by atoms with Gasteiger partial charge in [0.25, 0.3) is 0 Å². The third-order valence-corrected chi connectivity index (χ3v) is 3.74. The summed E-state index contributed by atoms with van der Waals surface area (Å²) in [5.74, 6) is 1.19. The lowest BCUT2D eigenvalue weighted by Crippen LogP contribution is -2.24. The highest BCUT2D eigenvalue weighted by Gasteiger charge is 2.21. The predicted octanol–water partition coefficient (Wildman–Crippen LogP) is 3.16. The van der Waals surface area contributed by atoms with Crippen LogP contribution in [0.4, 0.5) is 5.69 Å². The second-order valence-electron chi connectivity index (χ2n) is 5.51. The molecule has 0 unspecified atom stereocenters. The van der Waals surface area contributed by atoms with Crippen molar-refractivity contribution in [3.63, 3.8) is 0 Å². The van der Waals surface area contributed by atoms with E-state index >= 15 is 0 Å². The van der Waals surface area contributed by atoms with Gasteiger partial charge in [-0.25, -0.2) is 0 Å². The quantitative estimate of drug-likeness (QED) is 0.663. The number of ether oxygens (including phenoxy) is 2. The topological polar surface area (TPSA) is 61.5 Å². The van der Waals surface area contributed by atoms with E-state index in [1.807, 2.05) is 12.1 Å². The summed E-state index contributed by atoms with van der Waals surface area (Å²) < 4.78 is 10.9. The van der Waals surface area contributed by atoms with Gasteiger partial charge < -0.3 is 15.2 Å². The molecule has 4 nitrogen and oxygen atoms in total. The van der Waals surface area contributed by atoms with Gasteiger partial charge in [-0.05, 0) is 43.7 Å². The molecule has 0 saturated heterocycles. The van der Waals surface area contributed by atoms with Crippen LogP contribution in [0, 0.1) is 5.92 Å². The molecule has 0 aliphatic heterocycles. The molecular weight excluding hydrogens is 254 g/mol. The Morgan fingerprint density at radius 3 is 2.65 bits per heavy atom. The molecule has 4 heteroatoms. The van der Waals surface area contributed by atoms with Crippen LogP contribution in [0.15, 0.2) is 24.3 Å². The monoisotopic (exact) mass is 277 g/mol. The maximum Gasteiger partial charge on any atom is 0.309 e. The van der Waals surface area contributed by atoms with Crippen LogP contribution in [0.25, 0.3) is 0 Å². The van der Waals surface area contributed by atoms with Crippen molar-refractivity contribution in [1.82, 2.24) is 0 Å². The van der Waals surface area contributed by atoms with E-state index in [-0.39, 0.29) is 18.5 Å². The Labute approximate surface area is 120 Å². The minimum Gasteiger partial charge on any atom is -0.491 e. The minimum atomic E-state index is -0.181. The van der Waals surface area contributed by atoms with Gasteiger partial charge in [0.1, 0.15) is 11.9 Å². The van der Waals surface area contributed by atoms with Gasteiger partial charge in [-0.2, -0.15) is 0 Å². The van der Waals surface area contributed by atoms with Gasteiger partial charge in [-0.15, -0.1) is 0 Å². The summed E-state index contributed by atoms with van der Waals surface area (Å²) >= 11 is 0. The molecule has 0 amide bonds. The maximum absolute atomic E-state index is 11.7. The van der Waals surface area contributed by atoms with Crippen LogP contribution in [-0.2, 0) is 9.53 Å². The fourth-order valence-electron chi connectivity index (χ4n) is 2.45. The summed E-state index contributed by atoms with van der Waals surface area (Å²) in [5, 5.41) is 0. The van der Waals surface area contributed by atoms with Crippen LogP contribution < -0.4 is 10.5 Å². The van der Waals surface area contributed by atoms with Crippen LogP contribution in [-0.4, -0.2) is 18.7 Å². The van der Waals surface area contributed by atoms with E-state index < -0.39 is 0 Å². The smallest absolute Gasteiger partial charge is 0.309 e. The molecule has 0 atom stereocenters. The number of anilines is 1.